The number of halogens is 1. The lowest BCUT2D eigenvalue weighted by Gasteiger charge is -2.16. The highest BCUT2D eigenvalue weighted by Crippen LogP contribution is 2.23. The molecule has 0 saturated carbocycles. The first-order chi connectivity index (χ1) is 9.84. The minimum atomic E-state index is -3.60. The average Bonchev–Trinajstić information content (AvgIpc) is 2.83. The van der Waals surface area contributed by atoms with Crippen LogP contribution in [0.1, 0.15) is 16.3 Å². The van der Waals surface area contributed by atoms with Crippen molar-refractivity contribution >= 4 is 33.0 Å². The van der Waals surface area contributed by atoms with Gasteiger partial charge in [0.2, 0.25) is 10.0 Å². The summed E-state index contributed by atoms with van der Waals surface area (Å²) in [6.45, 7) is 2.38. The van der Waals surface area contributed by atoms with Gasteiger partial charge in [-0.1, -0.05) is 17.7 Å². The summed E-state index contributed by atoms with van der Waals surface area (Å²) in [5, 5.41) is 3.12. The van der Waals surface area contributed by atoms with Crippen molar-refractivity contribution < 1.29 is 8.42 Å². The number of aromatic nitrogens is 1. The Morgan fingerprint density at radius 2 is 2.14 bits per heavy atom. The van der Waals surface area contributed by atoms with Crippen molar-refractivity contribution in [3.8, 4) is 0 Å². The first-order valence-corrected chi connectivity index (χ1v) is 8.90. The molecule has 0 fully saturated rings. The van der Waals surface area contributed by atoms with Gasteiger partial charge in [0, 0.05) is 24.0 Å². The highest BCUT2D eigenvalue weighted by atomic mass is 35.5. The lowest BCUT2D eigenvalue weighted by molar-refractivity contribution is 0.463. The predicted molar refractivity (Wildman–Crippen MR) is 84.8 cm³/mol. The van der Waals surface area contributed by atoms with Gasteiger partial charge >= 0.3 is 0 Å². The van der Waals surface area contributed by atoms with E-state index in [1.807, 2.05) is 12.3 Å². The Balaban J connectivity index is 2.26. The van der Waals surface area contributed by atoms with E-state index in [2.05, 4.69) is 4.98 Å². The molecule has 0 unspecified atom stereocenters. The van der Waals surface area contributed by atoms with Gasteiger partial charge in [-0.15, -0.1) is 11.3 Å². The van der Waals surface area contributed by atoms with E-state index in [9.17, 15) is 8.42 Å². The molecule has 1 aromatic heterocycles. The Bertz CT molecular complexity index is 744. The molecule has 0 amide bonds. The molecule has 2 N–H and O–H groups in total. The molecule has 0 aliphatic heterocycles. The zero-order valence-electron chi connectivity index (χ0n) is 11.7. The van der Waals surface area contributed by atoms with Crippen molar-refractivity contribution in [1.82, 2.24) is 9.29 Å². The number of benzene rings is 1. The van der Waals surface area contributed by atoms with Crippen molar-refractivity contribution in [3.05, 3.63) is 44.9 Å². The molecule has 0 radical (unpaired) electrons. The van der Waals surface area contributed by atoms with Gasteiger partial charge in [-0.25, -0.2) is 13.4 Å². The molecule has 21 heavy (non-hydrogen) atoms. The predicted octanol–water partition coefficient (Wildman–Crippen LogP) is 2.38. The molecular weight excluding hydrogens is 330 g/mol. The summed E-state index contributed by atoms with van der Waals surface area (Å²) in [6.07, 6.45) is 0. The molecule has 0 bridgehead atoms. The Morgan fingerprint density at radius 3 is 2.67 bits per heavy atom. The minimum Gasteiger partial charge on any atom is -0.326 e. The van der Waals surface area contributed by atoms with Gasteiger partial charge in [-0.05, 0) is 24.6 Å². The van der Waals surface area contributed by atoms with Crippen LogP contribution in [0.4, 0.5) is 0 Å². The summed E-state index contributed by atoms with van der Waals surface area (Å²) < 4.78 is 26.3. The summed E-state index contributed by atoms with van der Waals surface area (Å²) in [4.78, 5) is 4.42. The number of nitrogens with two attached hydrogens (primary N) is 1. The zero-order chi connectivity index (χ0) is 15.6. The minimum absolute atomic E-state index is 0.152. The van der Waals surface area contributed by atoms with E-state index in [1.54, 1.807) is 6.07 Å². The van der Waals surface area contributed by atoms with Crippen LogP contribution in [0.5, 0.6) is 0 Å². The maximum absolute atomic E-state index is 12.5. The Hall–Kier alpha value is -0.990. The third-order valence-electron chi connectivity index (χ3n) is 3.00. The molecule has 0 aliphatic carbocycles. The van der Waals surface area contributed by atoms with Crippen LogP contribution in [0.3, 0.4) is 0 Å². The van der Waals surface area contributed by atoms with Crippen molar-refractivity contribution in [2.24, 2.45) is 5.73 Å². The second-order valence-electron chi connectivity index (χ2n) is 4.58. The maximum atomic E-state index is 12.5. The van der Waals surface area contributed by atoms with Crippen LogP contribution in [0.15, 0.2) is 28.5 Å². The lowest BCUT2D eigenvalue weighted by atomic mass is 10.2. The van der Waals surface area contributed by atoms with Gasteiger partial charge in [0.1, 0.15) is 0 Å². The van der Waals surface area contributed by atoms with E-state index < -0.39 is 10.0 Å². The number of sulfonamides is 1. The van der Waals surface area contributed by atoms with Gasteiger partial charge in [-0.3, -0.25) is 0 Å². The lowest BCUT2D eigenvalue weighted by Crippen LogP contribution is -2.26. The van der Waals surface area contributed by atoms with Gasteiger partial charge in [-0.2, -0.15) is 4.31 Å². The van der Waals surface area contributed by atoms with Crippen LogP contribution in [0.25, 0.3) is 0 Å². The normalized spacial score (nSPS) is 12.0. The van der Waals surface area contributed by atoms with E-state index in [0.717, 1.165) is 10.7 Å². The quantitative estimate of drug-likeness (QED) is 0.902. The number of thiazole rings is 1. The third-order valence-corrected chi connectivity index (χ3v) is 5.98. The molecule has 114 valence electrons. The van der Waals surface area contributed by atoms with Gasteiger partial charge < -0.3 is 5.73 Å². The molecule has 2 rings (SSSR count). The van der Waals surface area contributed by atoms with E-state index in [-0.39, 0.29) is 18.0 Å². The molecular formula is C13H16ClN3O2S2. The standard InChI is InChI=1S/C13H16ClN3O2S2/c1-9-16-11(8-20-9)7-17(2)21(18,19)12-4-3-10(6-15)13(14)5-12/h3-5,8H,6-7,15H2,1-2H3. The summed E-state index contributed by atoms with van der Waals surface area (Å²) in [7, 11) is -2.08. The fourth-order valence-corrected chi connectivity index (χ4v) is 3.92. The largest absolute Gasteiger partial charge is 0.326 e. The Labute approximate surface area is 133 Å². The number of rotatable bonds is 5. The van der Waals surface area contributed by atoms with E-state index >= 15 is 0 Å². The van der Waals surface area contributed by atoms with Crippen LogP contribution in [0, 0.1) is 6.92 Å². The second-order valence-corrected chi connectivity index (χ2v) is 8.09. The molecule has 1 heterocycles. The van der Waals surface area contributed by atoms with Crippen molar-refractivity contribution in [2.75, 3.05) is 7.05 Å². The van der Waals surface area contributed by atoms with Crippen LogP contribution >= 0.6 is 22.9 Å². The molecule has 2 aromatic rings. The molecule has 0 saturated heterocycles. The van der Waals surface area contributed by atoms with Crippen LogP contribution in [-0.4, -0.2) is 24.8 Å². The molecule has 5 nitrogen and oxygen atoms in total. The number of aryl methyl sites for hydroxylation is 1. The summed E-state index contributed by atoms with van der Waals surface area (Å²) in [6, 6.07) is 4.59. The summed E-state index contributed by atoms with van der Waals surface area (Å²) in [5.74, 6) is 0. The first kappa shape index (κ1) is 16.4. The van der Waals surface area contributed by atoms with E-state index in [4.69, 9.17) is 17.3 Å². The van der Waals surface area contributed by atoms with Crippen molar-refractivity contribution in [3.63, 3.8) is 0 Å². The van der Waals surface area contributed by atoms with Gasteiger partial charge in [0.15, 0.2) is 0 Å². The highest BCUT2D eigenvalue weighted by Gasteiger charge is 2.22. The molecule has 8 heteroatoms. The Kier molecular flexibility index (Phi) is 5.00. The van der Waals surface area contributed by atoms with Crippen LogP contribution in [-0.2, 0) is 23.1 Å². The van der Waals surface area contributed by atoms with Crippen LogP contribution < -0.4 is 5.73 Å². The zero-order valence-corrected chi connectivity index (χ0v) is 14.1. The van der Waals surface area contributed by atoms with Crippen LogP contribution in [0.2, 0.25) is 5.02 Å². The molecule has 0 atom stereocenters. The summed E-state index contributed by atoms with van der Waals surface area (Å²) >= 11 is 7.52. The second kappa shape index (κ2) is 6.41. The topological polar surface area (TPSA) is 76.3 Å². The Morgan fingerprint density at radius 1 is 1.43 bits per heavy atom. The average molecular weight is 346 g/mol. The third kappa shape index (κ3) is 3.61. The number of nitrogens with zero attached hydrogens (tertiary/aromatic N) is 2. The molecule has 0 aliphatic rings. The molecule has 1 aromatic carbocycles. The fourth-order valence-electron chi connectivity index (χ4n) is 1.83. The smallest absolute Gasteiger partial charge is 0.243 e. The number of hydrogen-bond donors (Lipinski definition) is 1. The maximum Gasteiger partial charge on any atom is 0.243 e. The van der Waals surface area contributed by atoms with E-state index in [0.29, 0.717) is 10.6 Å². The fraction of sp³-hybridized carbons (Fsp3) is 0.308. The van der Waals surface area contributed by atoms with Crippen molar-refractivity contribution in [2.45, 2.75) is 24.9 Å². The summed E-state index contributed by atoms with van der Waals surface area (Å²) in [5.41, 5.74) is 6.97. The molecule has 0 spiro atoms. The monoisotopic (exact) mass is 345 g/mol. The van der Waals surface area contributed by atoms with Gasteiger partial charge in [0.25, 0.3) is 0 Å². The highest BCUT2D eigenvalue weighted by molar-refractivity contribution is 7.89. The first-order valence-electron chi connectivity index (χ1n) is 6.20. The SMILES string of the molecule is Cc1nc(CN(C)S(=O)(=O)c2ccc(CN)c(Cl)c2)cs1. The number of hydrogen-bond acceptors (Lipinski definition) is 5. The van der Waals surface area contributed by atoms with Gasteiger partial charge in [0.05, 0.1) is 22.1 Å². The van der Waals surface area contributed by atoms with E-state index in [1.165, 1.54) is 34.8 Å². The van der Waals surface area contributed by atoms with Crippen molar-refractivity contribution in [1.29, 1.82) is 0 Å².